The van der Waals surface area contributed by atoms with Crippen LogP contribution in [-0.4, -0.2) is 22.5 Å². The highest BCUT2D eigenvalue weighted by atomic mass is 28.4. The molecule has 0 aromatic heterocycles. The molecule has 0 spiro atoms. The molecule has 0 amide bonds. The summed E-state index contributed by atoms with van der Waals surface area (Å²) in [5, 5.41) is 0. The quantitative estimate of drug-likeness (QED) is 0.505. The summed E-state index contributed by atoms with van der Waals surface area (Å²) >= 11 is 0. The van der Waals surface area contributed by atoms with Gasteiger partial charge in [0.15, 0.2) is 11.5 Å². The molecule has 3 nitrogen and oxygen atoms in total. The molecule has 1 aromatic rings. The van der Waals surface area contributed by atoms with E-state index in [9.17, 15) is 0 Å². The van der Waals surface area contributed by atoms with Crippen molar-refractivity contribution in [1.82, 2.24) is 0 Å². The lowest BCUT2D eigenvalue weighted by molar-refractivity contribution is 0.0718. The Kier molecular flexibility index (Phi) is 6.19. The van der Waals surface area contributed by atoms with Crippen LogP contribution < -0.4 is 9.47 Å². The number of benzene rings is 1. The third-order valence-corrected chi connectivity index (χ3v) is 12.4. The Morgan fingerprint density at radius 3 is 1.77 bits per heavy atom. The second kappa shape index (κ2) is 7.55. The lowest BCUT2D eigenvalue weighted by atomic mass is 9.87. The van der Waals surface area contributed by atoms with Gasteiger partial charge in [0.2, 0.25) is 8.32 Å². The van der Waals surface area contributed by atoms with E-state index in [1.807, 2.05) is 0 Å². The van der Waals surface area contributed by atoms with Crippen LogP contribution in [-0.2, 0) is 10.8 Å². The van der Waals surface area contributed by atoms with Crippen molar-refractivity contribution in [3.8, 4) is 11.5 Å². The molecule has 1 unspecified atom stereocenters. The normalized spacial score (nSPS) is 19.3. The molecule has 0 bridgehead atoms. The Labute approximate surface area is 161 Å². The summed E-state index contributed by atoms with van der Waals surface area (Å²) in [5.74, 6) is 1.60. The predicted octanol–water partition coefficient (Wildman–Crippen LogP) is 6.52. The zero-order valence-corrected chi connectivity index (χ0v) is 19.4. The maximum absolute atomic E-state index is 7.24. The van der Waals surface area contributed by atoms with Crippen LogP contribution in [0.3, 0.4) is 0 Å². The van der Waals surface area contributed by atoms with Crippen molar-refractivity contribution in [2.45, 2.75) is 84.5 Å². The molecular weight excluding hydrogens is 340 g/mol. The second-order valence-corrected chi connectivity index (χ2v) is 14.8. The highest BCUT2D eigenvalue weighted by molar-refractivity contribution is 6.77. The molecule has 1 aliphatic carbocycles. The first-order chi connectivity index (χ1) is 12.0. The smallest absolute Gasteiger partial charge is 0.201 e. The molecule has 1 atom stereocenters. The van der Waals surface area contributed by atoms with E-state index in [2.05, 4.69) is 67.5 Å². The third-order valence-electron chi connectivity index (χ3n) is 6.31. The third kappa shape index (κ3) is 3.43. The summed E-state index contributed by atoms with van der Waals surface area (Å²) in [7, 11) is 1.43. The summed E-state index contributed by atoms with van der Waals surface area (Å²) in [6.07, 6.45) is 1.11. The van der Waals surface area contributed by atoms with E-state index in [-0.39, 0.29) is 11.5 Å². The van der Waals surface area contributed by atoms with Gasteiger partial charge >= 0.3 is 0 Å². The van der Waals surface area contributed by atoms with Crippen LogP contribution in [0.4, 0.5) is 0 Å². The van der Waals surface area contributed by atoms with Crippen molar-refractivity contribution < 1.29 is 13.9 Å². The Balaban J connectivity index is 2.56. The lowest BCUT2D eigenvalue weighted by Crippen LogP contribution is -2.49. The average Bonchev–Trinajstić information content (AvgIpc) is 2.78. The number of hydrogen-bond acceptors (Lipinski definition) is 3. The SMILES string of the molecule is COc1cc2c(cc1OC)C(O[Si](C(C)C)(C(C)C)C(C)C)C(C)(C)C2. The van der Waals surface area contributed by atoms with Gasteiger partial charge in [-0.2, -0.15) is 0 Å². The number of rotatable bonds is 7. The van der Waals surface area contributed by atoms with Crippen LogP contribution in [0.1, 0.15) is 72.6 Å². The van der Waals surface area contributed by atoms with Gasteiger partial charge in [-0.1, -0.05) is 55.4 Å². The largest absolute Gasteiger partial charge is 0.493 e. The van der Waals surface area contributed by atoms with E-state index in [0.29, 0.717) is 16.6 Å². The molecule has 0 N–H and O–H groups in total. The van der Waals surface area contributed by atoms with Gasteiger partial charge in [0.25, 0.3) is 0 Å². The van der Waals surface area contributed by atoms with Gasteiger partial charge in [-0.25, -0.2) is 0 Å². The molecule has 148 valence electrons. The van der Waals surface area contributed by atoms with Gasteiger partial charge in [0, 0.05) is 0 Å². The standard InChI is InChI=1S/C22H38O3Si/c1-14(2)26(15(3)4,16(5)6)25-21-18-12-20(24-10)19(23-9)11-17(18)13-22(21,7)8/h11-12,14-16,21H,13H2,1-10H3. The Bertz CT molecular complexity index is 613. The summed E-state index contributed by atoms with van der Waals surface area (Å²) in [4.78, 5) is 0. The molecule has 4 heteroatoms. The molecule has 0 saturated heterocycles. The second-order valence-electron chi connectivity index (χ2n) is 9.39. The fraction of sp³-hybridized carbons (Fsp3) is 0.727. The topological polar surface area (TPSA) is 27.7 Å². The zero-order valence-electron chi connectivity index (χ0n) is 18.4. The molecule has 26 heavy (non-hydrogen) atoms. The molecule has 0 aliphatic heterocycles. The van der Waals surface area contributed by atoms with Crippen molar-refractivity contribution in [3.05, 3.63) is 23.3 Å². The highest BCUT2D eigenvalue weighted by Crippen LogP contribution is 2.55. The summed E-state index contributed by atoms with van der Waals surface area (Å²) < 4.78 is 18.3. The minimum Gasteiger partial charge on any atom is -0.493 e. The van der Waals surface area contributed by atoms with Gasteiger partial charge in [0.05, 0.1) is 20.3 Å². The van der Waals surface area contributed by atoms with Gasteiger partial charge in [-0.05, 0) is 51.7 Å². The first-order valence-electron chi connectivity index (χ1n) is 9.93. The van der Waals surface area contributed by atoms with Crippen LogP contribution in [0.25, 0.3) is 0 Å². The Morgan fingerprint density at radius 1 is 0.885 bits per heavy atom. The van der Waals surface area contributed by atoms with E-state index >= 15 is 0 Å². The van der Waals surface area contributed by atoms with Gasteiger partial charge < -0.3 is 13.9 Å². The summed E-state index contributed by atoms with van der Waals surface area (Å²) in [6, 6.07) is 4.29. The molecule has 2 rings (SSSR count). The van der Waals surface area contributed by atoms with Crippen molar-refractivity contribution in [3.63, 3.8) is 0 Å². The van der Waals surface area contributed by atoms with E-state index < -0.39 is 8.32 Å². The zero-order chi connectivity index (χ0) is 19.9. The van der Waals surface area contributed by atoms with E-state index in [1.165, 1.54) is 11.1 Å². The van der Waals surface area contributed by atoms with E-state index in [1.54, 1.807) is 14.2 Å². The van der Waals surface area contributed by atoms with Crippen LogP contribution in [0.15, 0.2) is 12.1 Å². The first kappa shape index (κ1) is 21.3. The summed E-state index contributed by atoms with van der Waals surface area (Å²) in [6.45, 7) is 18.8. The monoisotopic (exact) mass is 378 g/mol. The van der Waals surface area contributed by atoms with Crippen LogP contribution in [0.5, 0.6) is 11.5 Å². The highest BCUT2D eigenvalue weighted by Gasteiger charge is 2.51. The fourth-order valence-corrected chi connectivity index (χ4v) is 10.8. The number of fused-ring (bicyclic) bond motifs is 1. The molecule has 1 aromatic carbocycles. The van der Waals surface area contributed by atoms with Crippen LogP contribution in [0.2, 0.25) is 16.6 Å². The van der Waals surface area contributed by atoms with Crippen molar-refractivity contribution in [2.24, 2.45) is 5.41 Å². The van der Waals surface area contributed by atoms with Crippen molar-refractivity contribution in [2.75, 3.05) is 14.2 Å². The molecule has 0 saturated carbocycles. The predicted molar refractivity (Wildman–Crippen MR) is 112 cm³/mol. The average molecular weight is 379 g/mol. The Hall–Kier alpha value is -1.00. The fourth-order valence-electron chi connectivity index (χ4n) is 5.17. The number of methoxy groups -OCH3 is 2. The lowest BCUT2D eigenvalue weighted by Gasteiger charge is -2.46. The van der Waals surface area contributed by atoms with E-state index in [4.69, 9.17) is 13.9 Å². The first-order valence-corrected chi connectivity index (χ1v) is 12.1. The van der Waals surface area contributed by atoms with E-state index in [0.717, 1.165) is 17.9 Å². The molecule has 0 radical (unpaired) electrons. The van der Waals surface area contributed by atoms with Crippen LogP contribution in [0, 0.1) is 5.41 Å². The number of ether oxygens (including phenoxy) is 2. The minimum atomic E-state index is -1.97. The van der Waals surface area contributed by atoms with Crippen molar-refractivity contribution in [1.29, 1.82) is 0 Å². The summed E-state index contributed by atoms with van der Waals surface area (Å²) in [5.41, 5.74) is 4.40. The molecule has 0 fully saturated rings. The van der Waals surface area contributed by atoms with Gasteiger partial charge in [-0.15, -0.1) is 0 Å². The maximum atomic E-state index is 7.24. The molecule has 1 aliphatic rings. The van der Waals surface area contributed by atoms with Gasteiger partial charge in [-0.3, -0.25) is 0 Å². The molecule has 0 heterocycles. The van der Waals surface area contributed by atoms with Gasteiger partial charge in [0.1, 0.15) is 0 Å². The maximum Gasteiger partial charge on any atom is 0.201 e. The van der Waals surface area contributed by atoms with Crippen molar-refractivity contribution >= 4 is 8.32 Å². The van der Waals surface area contributed by atoms with Crippen LogP contribution >= 0.6 is 0 Å². The minimum absolute atomic E-state index is 0.0661. The molecular formula is C22H38O3Si. The number of hydrogen-bond donors (Lipinski definition) is 0. The Morgan fingerprint density at radius 2 is 1.35 bits per heavy atom.